The molecule has 84 valence electrons. The van der Waals surface area contributed by atoms with Crippen molar-refractivity contribution >= 4 is 0 Å². The zero-order valence-electron chi connectivity index (χ0n) is 9.34. The minimum Gasteiger partial charge on any atom is -0.299 e. The van der Waals surface area contributed by atoms with Crippen molar-refractivity contribution in [2.75, 3.05) is 13.1 Å². The molecule has 0 amide bonds. The molecular formula is C12H16N4. The summed E-state index contributed by atoms with van der Waals surface area (Å²) in [5.41, 5.74) is 10.6. The Balaban J connectivity index is 1.93. The van der Waals surface area contributed by atoms with Gasteiger partial charge in [-0.05, 0) is 42.6 Å². The fraction of sp³-hybridized carbons (Fsp3) is 0.500. The zero-order valence-corrected chi connectivity index (χ0v) is 9.34. The molecule has 16 heavy (non-hydrogen) atoms. The molecule has 0 radical (unpaired) electrons. The zero-order chi connectivity index (χ0) is 11.2. The first-order valence-corrected chi connectivity index (χ1v) is 5.69. The molecule has 2 rings (SSSR count). The van der Waals surface area contributed by atoms with Crippen LogP contribution in [0.25, 0.3) is 10.4 Å². The van der Waals surface area contributed by atoms with Crippen LogP contribution in [-0.2, 0) is 13.1 Å². The Morgan fingerprint density at radius 1 is 1.12 bits per heavy atom. The lowest BCUT2D eigenvalue weighted by Crippen LogP contribution is -2.18. The number of azide groups is 1. The Hall–Kier alpha value is -1.51. The maximum Gasteiger partial charge on any atom is 0.0510 e. The molecule has 1 aliphatic heterocycles. The van der Waals surface area contributed by atoms with E-state index in [1.807, 2.05) is 12.1 Å². The molecule has 0 N–H and O–H groups in total. The molecule has 0 bridgehead atoms. The highest BCUT2D eigenvalue weighted by Crippen LogP contribution is 2.13. The molecule has 0 aliphatic carbocycles. The summed E-state index contributed by atoms with van der Waals surface area (Å²) in [6.45, 7) is 3.93. The van der Waals surface area contributed by atoms with Gasteiger partial charge in [-0.25, -0.2) is 0 Å². The van der Waals surface area contributed by atoms with Crippen molar-refractivity contribution in [3.05, 3.63) is 45.8 Å². The summed E-state index contributed by atoms with van der Waals surface area (Å²) in [7, 11) is 0. The summed E-state index contributed by atoms with van der Waals surface area (Å²) in [5.74, 6) is 0. The maximum atomic E-state index is 8.22. The van der Waals surface area contributed by atoms with Crippen LogP contribution in [0.4, 0.5) is 0 Å². The highest BCUT2D eigenvalue weighted by molar-refractivity contribution is 5.22. The van der Waals surface area contributed by atoms with Crippen molar-refractivity contribution in [3.63, 3.8) is 0 Å². The number of rotatable bonds is 4. The van der Waals surface area contributed by atoms with Crippen LogP contribution >= 0.6 is 0 Å². The third kappa shape index (κ3) is 2.99. The smallest absolute Gasteiger partial charge is 0.0510 e. The monoisotopic (exact) mass is 216 g/mol. The van der Waals surface area contributed by atoms with Gasteiger partial charge in [0.1, 0.15) is 0 Å². The van der Waals surface area contributed by atoms with Crippen LogP contribution in [0.5, 0.6) is 0 Å². The summed E-state index contributed by atoms with van der Waals surface area (Å²) in [6, 6.07) is 8.33. The van der Waals surface area contributed by atoms with E-state index >= 15 is 0 Å². The lowest BCUT2D eigenvalue weighted by atomic mass is 10.1. The van der Waals surface area contributed by atoms with E-state index in [1.54, 1.807) is 0 Å². The molecular weight excluding hydrogens is 200 g/mol. The van der Waals surface area contributed by atoms with Crippen LogP contribution in [-0.4, -0.2) is 18.0 Å². The molecule has 4 nitrogen and oxygen atoms in total. The van der Waals surface area contributed by atoms with Gasteiger partial charge in [0.05, 0.1) is 6.54 Å². The molecule has 0 spiro atoms. The van der Waals surface area contributed by atoms with Gasteiger partial charge in [-0.1, -0.05) is 29.4 Å². The molecule has 0 saturated carbocycles. The molecule has 1 aromatic carbocycles. The van der Waals surface area contributed by atoms with Gasteiger partial charge in [-0.15, -0.1) is 0 Å². The second-order valence-corrected chi connectivity index (χ2v) is 4.19. The van der Waals surface area contributed by atoms with Crippen molar-refractivity contribution < 1.29 is 0 Å². The van der Waals surface area contributed by atoms with E-state index < -0.39 is 0 Å². The Bertz CT molecular complexity index is 373. The SMILES string of the molecule is [N-]=[N+]=NCc1ccc(CN2CCCC2)cc1. The number of hydrogen-bond acceptors (Lipinski definition) is 2. The van der Waals surface area contributed by atoms with E-state index in [-0.39, 0.29) is 0 Å². The quantitative estimate of drug-likeness (QED) is 0.433. The largest absolute Gasteiger partial charge is 0.299 e. The van der Waals surface area contributed by atoms with Crippen LogP contribution in [0.2, 0.25) is 0 Å². The van der Waals surface area contributed by atoms with Crippen molar-refractivity contribution in [2.24, 2.45) is 5.11 Å². The van der Waals surface area contributed by atoms with Crippen LogP contribution < -0.4 is 0 Å². The number of hydrogen-bond donors (Lipinski definition) is 0. The topological polar surface area (TPSA) is 52.0 Å². The summed E-state index contributed by atoms with van der Waals surface area (Å²) < 4.78 is 0. The van der Waals surface area contributed by atoms with Gasteiger partial charge in [0, 0.05) is 11.5 Å². The normalized spacial score (nSPS) is 16.0. The Morgan fingerprint density at radius 2 is 1.75 bits per heavy atom. The van der Waals surface area contributed by atoms with E-state index in [0.29, 0.717) is 6.54 Å². The fourth-order valence-corrected chi connectivity index (χ4v) is 2.06. The predicted molar refractivity (Wildman–Crippen MR) is 63.8 cm³/mol. The number of likely N-dealkylation sites (tertiary alicyclic amines) is 1. The van der Waals surface area contributed by atoms with Crippen LogP contribution in [0.3, 0.4) is 0 Å². The average Bonchev–Trinajstić information content (AvgIpc) is 2.81. The van der Waals surface area contributed by atoms with Crippen LogP contribution in [0, 0.1) is 0 Å². The minimum atomic E-state index is 0.445. The molecule has 1 aromatic rings. The number of benzene rings is 1. The second kappa shape index (κ2) is 5.54. The lowest BCUT2D eigenvalue weighted by molar-refractivity contribution is 0.331. The molecule has 1 heterocycles. The van der Waals surface area contributed by atoms with Crippen molar-refractivity contribution in [3.8, 4) is 0 Å². The molecule has 4 heteroatoms. The van der Waals surface area contributed by atoms with Gasteiger partial charge < -0.3 is 0 Å². The highest BCUT2D eigenvalue weighted by atomic mass is 15.1. The first kappa shape index (κ1) is 11.0. The van der Waals surface area contributed by atoms with E-state index in [9.17, 15) is 0 Å². The summed E-state index contributed by atoms with van der Waals surface area (Å²) >= 11 is 0. The first-order valence-electron chi connectivity index (χ1n) is 5.69. The maximum absolute atomic E-state index is 8.22. The van der Waals surface area contributed by atoms with Crippen molar-refractivity contribution in [2.45, 2.75) is 25.9 Å². The molecule has 0 atom stereocenters. The Morgan fingerprint density at radius 3 is 2.38 bits per heavy atom. The van der Waals surface area contributed by atoms with E-state index in [1.165, 1.54) is 31.5 Å². The fourth-order valence-electron chi connectivity index (χ4n) is 2.06. The van der Waals surface area contributed by atoms with Gasteiger partial charge in [0.25, 0.3) is 0 Å². The van der Waals surface area contributed by atoms with Gasteiger partial charge in [-0.2, -0.15) is 0 Å². The van der Waals surface area contributed by atoms with E-state index in [2.05, 4.69) is 27.1 Å². The van der Waals surface area contributed by atoms with Gasteiger partial charge in [0.2, 0.25) is 0 Å². The summed E-state index contributed by atoms with van der Waals surface area (Å²) in [4.78, 5) is 5.23. The average molecular weight is 216 g/mol. The van der Waals surface area contributed by atoms with Crippen molar-refractivity contribution in [1.29, 1.82) is 0 Å². The number of nitrogens with zero attached hydrogens (tertiary/aromatic N) is 4. The standard InChI is InChI=1S/C12H16N4/c13-15-14-9-11-3-5-12(6-4-11)10-16-7-1-2-8-16/h3-6H,1-2,7-10H2. The van der Waals surface area contributed by atoms with Gasteiger partial charge in [-0.3, -0.25) is 4.90 Å². The van der Waals surface area contributed by atoms with Crippen LogP contribution in [0.1, 0.15) is 24.0 Å². The highest BCUT2D eigenvalue weighted by Gasteiger charge is 2.11. The lowest BCUT2D eigenvalue weighted by Gasteiger charge is -2.14. The summed E-state index contributed by atoms with van der Waals surface area (Å²) in [6.07, 6.45) is 2.66. The molecule has 1 fully saturated rings. The van der Waals surface area contributed by atoms with Gasteiger partial charge >= 0.3 is 0 Å². The third-order valence-corrected chi connectivity index (χ3v) is 2.94. The van der Waals surface area contributed by atoms with Crippen molar-refractivity contribution in [1.82, 2.24) is 4.90 Å². The summed E-state index contributed by atoms with van der Waals surface area (Å²) in [5, 5.41) is 3.55. The molecule has 1 saturated heterocycles. The predicted octanol–water partition coefficient (Wildman–Crippen LogP) is 3.09. The minimum absolute atomic E-state index is 0.445. The first-order chi connectivity index (χ1) is 7.88. The van der Waals surface area contributed by atoms with Gasteiger partial charge in [0.15, 0.2) is 0 Å². The van der Waals surface area contributed by atoms with Crippen LogP contribution in [0.15, 0.2) is 29.4 Å². The second-order valence-electron chi connectivity index (χ2n) is 4.19. The molecule has 0 unspecified atom stereocenters. The van der Waals surface area contributed by atoms with E-state index in [0.717, 1.165) is 12.1 Å². The third-order valence-electron chi connectivity index (χ3n) is 2.94. The Labute approximate surface area is 95.5 Å². The Kier molecular flexibility index (Phi) is 3.81. The molecule has 0 aromatic heterocycles. The molecule has 1 aliphatic rings. The van der Waals surface area contributed by atoms with E-state index in [4.69, 9.17) is 5.53 Å².